The van der Waals surface area contributed by atoms with Gasteiger partial charge in [0.15, 0.2) is 0 Å². The Kier molecular flexibility index (Phi) is 3.85. The van der Waals surface area contributed by atoms with Crippen molar-refractivity contribution in [2.45, 2.75) is 6.18 Å². The van der Waals surface area contributed by atoms with E-state index in [1.165, 1.54) is 36.5 Å². The van der Waals surface area contributed by atoms with Gasteiger partial charge in [-0.25, -0.2) is 4.39 Å². The van der Waals surface area contributed by atoms with Gasteiger partial charge in [0.2, 0.25) is 0 Å². The summed E-state index contributed by atoms with van der Waals surface area (Å²) >= 11 is 5.61. The monoisotopic (exact) mass is 340 g/mol. The molecule has 3 rings (SSSR count). The number of rotatable bonds is 2. The van der Waals surface area contributed by atoms with Crippen molar-refractivity contribution in [1.29, 1.82) is 0 Å². The van der Waals surface area contributed by atoms with Crippen molar-refractivity contribution in [3.8, 4) is 0 Å². The molecule has 0 bridgehead atoms. The van der Waals surface area contributed by atoms with Crippen molar-refractivity contribution in [3.63, 3.8) is 0 Å². The van der Waals surface area contributed by atoms with Gasteiger partial charge in [0, 0.05) is 23.0 Å². The Hall–Kier alpha value is -2.34. The second-order valence-corrected chi connectivity index (χ2v) is 5.25. The van der Waals surface area contributed by atoms with Crippen molar-refractivity contribution in [2.24, 2.45) is 0 Å². The molecule has 1 aromatic heterocycles. The number of benzene rings is 2. The largest absolute Gasteiger partial charge is 0.416 e. The van der Waals surface area contributed by atoms with Crippen molar-refractivity contribution in [3.05, 3.63) is 65.1 Å². The number of halogens is 5. The Labute approximate surface area is 133 Å². The number of alkyl halides is 3. The van der Waals surface area contributed by atoms with Crippen molar-refractivity contribution in [2.75, 3.05) is 5.32 Å². The van der Waals surface area contributed by atoms with E-state index in [1.54, 1.807) is 0 Å². The zero-order valence-electron chi connectivity index (χ0n) is 11.5. The van der Waals surface area contributed by atoms with Gasteiger partial charge in [0.1, 0.15) is 5.82 Å². The highest BCUT2D eigenvalue weighted by Crippen LogP contribution is 2.34. The first-order chi connectivity index (χ1) is 10.8. The fourth-order valence-electron chi connectivity index (χ4n) is 2.16. The van der Waals surface area contributed by atoms with Crippen LogP contribution in [0.25, 0.3) is 10.9 Å². The smallest absolute Gasteiger partial charge is 0.355 e. The molecule has 0 atom stereocenters. The average molecular weight is 341 g/mol. The number of aromatic nitrogens is 1. The third-order valence-corrected chi connectivity index (χ3v) is 3.57. The third kappa shape index (κ3) is 3.22. The topological polar surface area (TPSA) is 24.9 Å². The molecule has 1 heterocycles. The molecular formula is C16H9ClF4N2. The minimum atomic E-state index is -4.45. The molecule has 2 aromatic carbocycles. The molecule has 118 valence electrons. The Bertz CT molecular complexity index is 878. The standard InChI is InChI=1S/C16H9ClF4N2/c17-12-3-2-10(8-13(12)18)23-15-5-6-22-14-4-1-9(7-11(14)15)16(19,20)21/h1-8H,(H,22,23). The summed E-state index contributed by atoms with van der Waals surface area (Å²) in [5.41, 5.74) is 0.389. The van der Waals surface area contributed by atoms with E-state index in [1.807, 2.05) is 0 Å². The fraction of sp³-hybridized carbons (Fsp3) is 0.0625. The lowest BCUT2D eigenvalue weighted by atomic mass is 10.1. The summed E-state index contributed by atoms with van der Waals surface area (Å²) in [6.45, 7) is 0. The van der Waals surface area contributed by atoms with Gasteiger partial charge in [-0.05, 0) is 42.5 Å². The Morgan fingerprint density at radius 3 is 2.48 bits per heavy atom. The van der Waals surface area contributed by atoms with E-state index in [-0.39, 0.29) is 10.4 Å². The highest BCUT2D eigenvalue weighted by molar-refractivity contribution is 6.30. The number of hydrogen-bond acceptors (Lipinski definition) is 2. The molecule has 0 unspecified atom stereocenters. The van der Waals surface area contributed by atoms with E-state index in [9.17, 15) is 17.6 Å². The lowest BCUT2D eigenvalue weighted by molar-refractivity contribution is -0.137. The lowest BCUT2D eigenvalue weighted by Gasteiger charge is -2.12. The van der Waals surface area contributed by atoms with Gasteiger partial charge >= 0.3 is 6.18 Å². The van der Waals surface area contributed by atoms with E-state index in [4.69, 9.17) is 11.6 Å². The molecule has 0 saturated carbocycles. The van der Waals surface area contributed by atoms with Gasteiger partial charge in [-0.3, -0.25) is 4.98 Å². The van der Waals surface area contributed by atoms with Crippen LogP contribution >= 0.6 is 11.6 Å². The number of anilines is 2. The number of nitrogens with zero attached hydrogens (tertiary/aromatic N) is 1. The summed E-state index contributed by atoms with van der Waals surface area (Å²) < 4.78 is 52.1. The maximum atomic E-state index is 13.5. The van der Waals surface area contributed by atoms with Crippen LogP contribution in [0.3, 0.4) is 0 Å². The highest BCUT2D eigenvalue weighted by Gasteiger charge is 2.30. The zero-order chi connectivity index (χ0) is 16.6. The summed E-state index contributed by atoms with van der Waals surface area (Å²) in [6.07, 6.45) is -2.99. The SMILES string of the molecule is Fc1cc(Nc2ccnc3ccc(C(F)(F)F)cc23)ccc1Cl. The second kappa shape index (κ2) is 5.70. The molecule has 0 amide bonds. The third-order valence-electron chi connectivity index (χ3n) is 3.27. The zero-order valence-corrected chi connectivity index (χ0v) is 12.2. The normalized spacial score (nSPS) is 11.7. The summed E-state index contributed by atoms with van der Waals surface area (Å²) in [5, 5.41) is 3.14. The number of fused-ring (bicyclic) bond motifs is 1. The molecule has 0 aliphatic carbocycles. The van der Waals surface area contributed by atoms with E-state index >= 15 is 0 Å². The fourth-order valence-corrected chi connectivity index (χ4v) is 2.28. The van der Waals surface area contributed by atoms with Crippen LogP contribution < -0.4 is 5.32 Å². The molecular weight excluding hydrogens is 332 g/mol. The minimum Gasteiger partial charge on any atom is -0.355 e. The van der Waals surface area contributed by atoms with E-state index in [0.717, 1.165) is 12.1 Å². The van der Waals surface area contributed by atoms with Crippen LogP contribution in [-0.2, 0) is 6.18 Å². The number of pyridine rings is 1. The van der Waals surface area contributed by atoms with Crippen molar-refractivity contribution < 1.29 is 17.6 Å². The molecule has 23 heavy (non-hydrogen) atoms. The first kappa shape index (κ1) is 15.6. The number of nitrogens with one attached hydrogen (secondary N) is 1. The molecule has 0 saturated heterocycles. The molecule has 3 aromatic rings. The summed E-state index contributed by atoms with van der Waals surface area (Å²) in [7, 11) is 0. The van der Waals surface area contributed by atoms with E-state index in [2.05, 4.69) is 10.3 Å². The van der Waals surface area contributed by atoms with Crippen LogP contribution in [0.4, 0.5) is 28.9 Å². The Balaban J connectivity index is 2.07. The molecule has 7 heteroatoms. The Morgan fingerprint density at radius 1 is 1.00 bits per heavy atom. The predicted octanol–water partition coefficient (Wildman–Crippen LogP) is 5.79. The van der Waals surface area contributed by atoms with Gasteiger partial charge in [-0.15, -0.1) is 0 Å². The molecule has 0 fully saturated rings. The molecule has 2 nitrogen and oxygen atoms in total. The van der Waals surface area contributed by atoms with Gasteiger partial charge in [-0.2, -0.15) is 13.2 Å². The predicted molar refractivity (Wildman–Crippen MR) is 81.4 cm³/mol. The van der Waals surface area contributed by atoms with Gasteiger partial charge in [0.25, 0.3) is 0 Å². The maximum Gasteiger partial charge on any atom is 0.416 e. The maximum absolute atomic E-state index is 13.5. The van der Waals surface area contributed by atoms with Crippen molar-refractivity contribution >= 4 is 33.9 Å². The van der Waals surface area contributed by atoms with Crippen LogP contribution in [0.15, 0.2) is 48.7 Å². The summed E-state index contributed by atoms with van der Waals surface area (Å²) in [5.74, 6) is -0.619. The second-order valence-electron chi connectivity index (χ2n) is 4.84. The van der Waals surface area contributed by atoms with Gasteiger partial charge < -0.3 is 5.32 Å². The van der Waals surface area contributed by atoms with Crippen LogP contribution in [0.1, 0.15) is 5.56 Å². The molecule has 0 spiro atoms. The first-order valence-electron chi connectivity index (χ1n) is 6.52. The van der Waals surface area contributed by atoms with Crippen molar-refractivity contribution in [1.82, 2.24) is 4.98 Å². The first-order valence-corrected chi connectivity index (χ1v) is 6.90. The van der Waals surface area contributed by atoms with Gasteiger partial charge in [0.05, 0.1) is 16.1 Å². The lowest BCUT2D eigenvalue weighted by Crippen LogP contribution is -2.05. The highest BCUT2D eigenvalue weighted by atomic mass is 35.5. The number of hydrogen-bond donors (Lipinski definition) is 1. The summed E-state index contributed by atoms with van der Waals surface area (Å²) in [4.78, 5) is 4.04. The quantitative estimate of drug-likeness (QED) is 0.597. The molecule has 0 radical (unpaired) electrons. The summed E-state index contributed by atoms with van der Waals surface area (Å²) in [6, 6.07) is 8.87. The Morgan fingerprint density at radius 2 is 1.78 bits per heavy atom. The van der Waals surface area contributed by atoms with E-state index in [0.29, 0.717) is 16.9 Å². The van der Waals surface area contributed by atoms with Crippen LogP contribution in [0.5, 0.6) is 0 Å². The molecule has 1 N–H and O–H groups in total. The van der Waals surface area contributed by atoms with Crippen LogP contribution in [-0.4, -0.2) is 4.98 Å². The van der Waals surface area contributed by atoms with Crippen LogP contribution in [0, 0.1) is 5.82 Å². The average Bonchev–Trinajstić information content (AvgIpc) is 2.50. The minimum absolute atomic E-state index is 0.0329. The van der Waals surface area contributed by atoms with Crippen LogP contribution in [0.2, 0.25) is 5.02 Å². The molecule has 0 aliphatic heterocycles. The van der Waals surface area contributed by atoms with Gasteiger partial charge in [-0.1, -0.05) is 11.6 Å². The molecule has 0 aliphatic rings. The van der Waals surface area contributed by atoms with E-state index < -0.39 is 17.6 Å².